The van der Waals surface area contributed by atoms with Gasteiger partial charge in [0.05, 0.1) is 0 Å². The first kappa shape index (κ1) is 18.8. The van der Waals surface area contributed by atoms with Crippen LogP contribution in [0.2, 0.25) is 0 Å². The van der Waals surface area contributed by atoms with Gasteiger partial charge >= 0.3 is 0 Å². The number of nitrogens with one attached hydrogen (secondary N) is 3. The predicted molar refractivity (Wildman–Crippen MR) is 93.0 cm³/mol. The molecule has 1 rings (SSSR count). The molecule has 0 aromatic rings. The van der Waals surface area contributed by atoms with Crippen molar-refractivity contribution in [3.63, 3.8) is 0 Å². The Kier molecular flexibility index (Phi) is 8.94. The Bertz CT molecular complexity index is 351. The summed E-state index contributed by atoms with van der Waals surface area (Å²) in [4.78, 5) is 16.2. The van der Waals surface area contributed by atoms with Crippen molar-refractivity contribution in [2.45, 2.75) is 78.3 Å². The summed E-state index contributed by atoms with van der Waals surface area (Å²) in [6.45, 7) is 10.3. The van der Waals surface area contributed by atoms with Gasteiger partial charge < -0.3 is 16.0 Å². The number of amides is 1. The highest BCUT2D eigenvalue weighted by Crippen LogP contribution is 2.18. The summed E-state index contributed by atoms with van der Waals surface area (Å²) in [6.07, 6.45) is 6.03. The van der Waals surface area contributed by atoms with Crippen molar-refractivity contribution in [1.82, 2.24) is 16.0 Å². The van der Waals surface area contributed by atoms with E-state index in [4.69, 9.17) is 0 Å². The van der Waals surface area contributed by atoms with Crippen LogP contribution in [0.1, 0.15) is 66.2 Å². The minimum atomic E-state index is 0.168. The summed E-state index contributed by atoms with van der Waals surface area (Å²) < 4.78 is 0. The van der Waals surface area contributed by atoms with E-state index >= 15 is 0 Å². The first-order valence-corrected chi connectivity index (χ1v) is 8.85. The van der Waals surface area contributed by atoms with E-state index in [1.807, 2.05) is 0 Å². The largest absolute Gasteiger partial charge is 0.357 e. The molecular formula is C17H34N4O. The average molecular weight is 310 g/mol. The van der Waals surface area contributed by atoms with Crippen molar-refractivity contribution in [2.24, 2.45) is 10.9 Å². The van der Waals surface area contributed by atoms with Crippen LogP contribution in [0.3, 0.4) is 0 Å². The number of carbonyl (C=O) groups is 1. The van der Waals surface area contributed by atoms with Gasteiger partial charge in [0, 0.05) is 31.6 Å². The maximum absolute atomic E-state index is 11.6. The van der Waals surface area contributed by atoms with E-state index < -0.39 is 0 Å². The van der Waals surface area contributed by atoms with Crippen LogP contribution < -0.4 is 16.0 Å². The van der Waals surface area contributed by atoms with Crippen molar-refractivity contribution in [1.29, 1.82) is 0 Å². The van der Waals surface area contributed by atoms with Crippen molar-refractivity contribution >= 4 is 11.9 Å². The molecule has 5 nitrogen and oxygen atoms in total. The molecule has 0 aliphatic heterocycles. The molecule has 1 amide bonds. The highest BCUT2D eigenvalue weighted by molar-refractivity contribution is 5.80. The molecule has 128 valence electrons. The second kappa shape index (κ2) is 10.5. The van der Waals surface area contributed by atoms with Crippen molar-refractivity contribution < 1.29 is 4.79 Å². The molecule has 1 aliphatic rings. The quantitative estimate of drug-likeness (QED) is 0.330. The van der Waals surface area contributed by atoms with Crippen molar-refractivity contribution in [3.8, 4) is 0 Å². The Morgan fingerprint density at radius 2 is 1.95 bits per heavy atom. The fourth-order valence-corrected chi connectivity index (χ4v) is 2.17. The molecule has 1 aliphatic carbocycles. The fourth-order valence-electron chi connectivity index (χ4n) is 2.17. The molecule has 0 saturated heterocycles. The Hall–Kier alpha value is -1.26. The molecule has 1 fully saturated rings. The summed E-state index contributed by atoms with van der Waals surface area (Å²) in [6, 6.07) is 0.871. The van der Waals surface area contributed by atoms with E-state index in [9.17, 15) is 4.79 Å². The minimum Gasteiger partial charge on any atom is -0.357 e. The minimum absolute atomic E-state index is 0.168. The Balaban J connectivity index is 2.22. The van der Waals surface area contributed by atoms with Gasteiger partial charge in [-0.25, -0.2) is 0 Å². The molecule has 0 radical (unpaired) electrons. The molecular weight excluding hydrogens is 276 g/mol. The Morgan fingerprint density at radius 3 is 2.55 bits per heavy atom. The molecule has 1 atom stereocenters. The lowest BCUT2D eigenvalue weighted by atomic mass is 10.0. The van der Waals surface area contributed by atoms with Crippen LogP contribution in [0.5, 0.6) is 0 Å². The van der Waals surface area contributed by atoms with Crippen LogP contribution in [0.15, 0.2) is 4.99 Å². The van der Waals surface area contributed by atoms with Crippen molar-refractivity contribution in [2.75, 3.05) is 13.1 Å². The van der Waals surface area contributed by atoms with E-state index in [-0.39, 0.29) is 5.91 Å². The average Bonchev–Trinajstić information content (AvgIpc) is 3.25. The highest BCUT2D eigenvalue weighted by atomic mass is 16.1. The Labute approximate surface area is 135 Å². The third kappa shape index (κ3) is 9.64. The number of aliphatic imine (C=N–C) groups is 1. The van der Waals surface area contributed by atoms with Crippen LogP contribution in [-0.2, 0) is 4.79 Å². The lowest BCUT2D eigenvalue weighted by Gasteiger charge is -2.18. The van der Waals surface area contributed by atoms with Crippen LogP contribution >= 0.6 is 0 Å². The topological polar surface area (TPSA) is 65.5 Å². The molecule has 0 aromatic heterocycles. The second-order valence-corrected chi connectivity index (χ2v) is 6.72. The zero-order valence-corrected chi connectivity index (χ0v) is 14.7. The molecule has 22 heavy (non-hydrogen) atoms. The number of hydrogen-bond donors (Lipinski definition) is 3. The van der Waals surface area contributed by atoms with E-state index in [0.29, 0.717) is 25.0 Å². The van der Waals surface area contributed by atoms with Gasteiger partial charge in [-0.15, -0.1) is 0 Å². The summed E-state index contributed by atoms with van der Waals surface area (Å²) in [5.74, 6) is 1.76. The van der Waals surface area contributed by atoms with Gasteiger partial charge in [-0.1, -0.05) is 13.8 Å². The van der Waals surface area contributed by atoms with Gasteiger partial charge in [-0.05, 0) is 51.9 Å². The van der Waals surface area contributed by atoms with Crippen LogP contribution in [0.25, 0.3) is 0 Å². The summed E-state index contributed by atoms with van der Waals surface area (Å²) in [5.41, 5.74) is 0. The molecule has 3 N–H and O–H groups in total. The predicted octanol–water partition coefficient (Wildman–Crippen LogP) is 2.42. The second-order valence-electron chi connectivity index (χ2n) is 6.72. The third-order valence-corrected chi connectivity index (χ3v) is 3.68. The van der Waals surface area contributed by atoms with E-state index in [2.05, 4.69) is 48.6 Å². The van der Waals surface area contributed by atoms with E-state index in [1.54, 1.807) is 0 Å². The summed E-state index contributed by atoms with van der Waals surface area (Å²) >= 11 is 0. The van der Waals surface area contributed by atoms with Gasteiger partial charge in [-0.2, -0.15) is 0 Å². The molecule has 1 saturated carbocycles. The fraction of sp³-hybridized carbons (Fsp3) is 0.882. The molecule has 5 heteroatoms. The first-order chi connectivity index (χ1) is 10.5. The zero-order valence-electron chi connectivity index (χ0n) is 14.7. The molecule has 1 unspecified atom stereocenters. The highest BCUT2D eigenvalue weighted by Gasteiger charge is 2.22. The summed E-state index contributed by atoms with van der Waals surface area (Å²) in [5, 5.41) is 9.72. The van der Waals surface area contributed by atoms with Crippen molar-refractivity contribution in [3.05, 3.63) is 0 Å². The Morgan fingerprint density at radius 1 is 1.23 bits per heavy atom. The molecule has 0 bridgehead atoms. The van der Waals surface area contributed by atoms with Crippen LogP contribution in [0.4, 0.5) is 0 Å². The zero-order chi connectivity index (χ0) is 16.4. The van der Waals surface area contributed by atoms with E-state index in [0.717, 1.165) is 44.1 Å². The number of hydrogen-bond acceptors (Lipinski definition) is 2. The lowest BCUT2D eigenvalue weighted by Crippen LogP contribution is -2.42. The number of carbonyl (C=O) groups excluding carboxylic acids is 1. The van der Waals surface area contributed by atoms with E-state index in [1.165, 1.54) is 6.42 Å². The van der Waals surface area contributed by atoms with Gasteiger partial charge in [0.25, 0.3) is 0 Å². The SMILES string of the molecule is CCNC(=NCCCC(=O)NC1CC1)NC(C)CCC(C)C. The number of rotatable bonds is 10. The third-order valence-electron chi connectivity index (χ3n) is 3.68. The maximum Gasteiger partial charge on any atom is 0.220 e. The molecule has 0 heterocycles. The van der Waals surface area contributed by atoms with Crippen LogP contribution in [0, 0.1) is 5.92 Å². The van der Waals surface area contributed by atoms with Gasteiger partial charge in [-0.3, -0.25) is 9.79 Å². The smallest absolute Gasteiger partial charge is 0.220 e. The maximum atomic E-state index is 11.6. The normalized spacial score (nSPS) is 16.5. The van der Waals surface area contributed by atoms with Gasteiger partial charge in [0.15, 0.2) is 5.96 Å². The number of guanidine groups is 1. The van der Waals surface area contributed by atoms with Crippen LogP contribution in [-0.4, -0.2) is 37.0 Å². The standard InChI is InChI=1S/C17H34N4O/c1-5-18-17(20-14(4)9-8-13(2)3)19-12-6-7-16(22)21-15-10-11-15/h13-15H,5-12H2,1-4H3,(H,21,22)(H2,18,19,20). The molecule has 0 spiro atoms. The summed E-state index contributed by atoms with van der Waals surface area (Å²) in [7, 11) is 0. The van der Waals surface area contributed by atoms with Gasteiger partial charge in [0.2, 0.25) is 5.91 Å². The lowest BCUT2D eigenvalue weighted by molar-refractivity contribution is -0.121. The number of nitrogens with zero attached hydrogens (tertiary/aromatic N) is 1. The van der Waals surface area contributed by atoms with Gasteiger partial charge in [0.1, 0.15) is 0 Å². The molecule has 0 aromatic carbocycles. The monoisotopic (exact) mass is 310 g/mol. The first-order valence-electron chi connectivity index (χ1n) is 8.85.